The summed E-state index contributed by atoms with van der Waals surface area (Å²) in [5, 5.41) is 13.5. The van der Waals surface area contributed by atoms with Crippen LogP contribution < -0.4 is 15.8 Å². The molecule has 0 spiro atoms. The van der Waals surface area contributed by atoms with E-state index in [1.807, 2.05) is 6.26 Å². The molecule has 0 aliphatic rings. The average Bonchev–Trinajstić information content (AvgIpc) is 2.43. The van der Waals surface area contributed by atoms with Crippen LogP contribution in [0.15, 0.2) is 6.20 Å². The molecule has 1 heterocycles. The molecule has 1 aromatic heterocycles. The van der Waals surface area contributed by atoms with Gasteiger partial charge in [0.1, 0.15) is 0 Å². The van der Waals surface area contributed by atoms with E-state index >= 15 is 0 Å². The molecule has 0 unspecified atom stereocenters. The first kappa shape index (κ1) is 16.8. The van der Waals surface area contributed by atoms with Crippen LogP contribution in [0.25, 0.3) is 0 Å². The number of aliphatic hydroxyl groups is 1. The molecule has 6 nitrogen and oxygen atoms in total. The van der Waals surface area contributed by atoms with Crippen LogP contribution in [0, 0.1) is 0 Å². The summed E-state index contributed by atoms with van der Waals surface area (Å²) in [6, 6.07) is -0.0781. The molecular formula is C13H24N4O2S. The summed E-state index contributed by atoms with van der Waals surface area (Å²) in [6.07, 6.45) is 6.04. The Morgan fingerprint density at radius 3 is 2.90 bits per heavy atom. The van der Waals surface area contributed by atoms with E-state index in [-0.39, 0.29) is 12.0 Å². The van der Waals surface area contributed by atoms with Gasteiger partial charge in [-0.15, -0.1) is 0 Å². The van der Waals surface area contributed by atoms with Crippen molar-refractivity contribution in [2.24, 2.45) is 0 Å². The molecule has 0 saturated heterocycles. The third-order valence-electron chi connectivity index (χ3n) is 2.99. The highest BCUT2D eigenvalue weighted by atomic mass is 32.2. The van der Waals surface area contributed by atoms with Crippen LogP contribution in [0.2, 0.25) is 0 Å². The Balaban J connectivity index is 2.84. The summed E-state index contributed by atoms with van der Waals surface area (Å²) in [6.45, 7) is 2.13. The summed E-state index contributed by atoms with van der Waals surface area (Å²) >= 11 is 1.62. The van der Waals surface area contributed by atoms with Crippen LogP contribution in [-0.2, 0) is 0 Å². The maximum absolute atomic E-state index is 10.2. The molecule has 0 aromatic carbocycles. The fourth-order valence-corrected chi connectivity index (χ4v) is 2.46. The highest BCUT2D eigenvalue weighted by molar-refractivity contribution is 7.98. The van der Waals surface area contributed by atoms with Gasteiger partial charge in [-0.3, -0.25) is 0 Å². The Bertz CT molecular complexity index is 406. The van der Waals surface area contributed by atoms with Gasteiger partial charge in [0.15, 0.2) is 11.6 Å². The van der Waals surface area contributed by atoms with Crippen LogP contribution in [0.5, 0.6) is 5.75 Å². The van der Waals surface area contributed by atoms with Gasteiger partial charge in [0.2, 0.25) is 5.95 Å². The van der Waals surface area contributed by atoms with Gasteiger partial charge in [-0.1, -0.05) is 19.8 Å². The van der Waals surface area contributed by atoms with Crippen molar-refractivity contribution in [3.05, 3.63) is 6.20 Å². The van der Waals surface area contributed by atoms with Crippen molar-refractivity contribution in [2.45, 2.75) is 38.3 Å². The maximum Gasteiger partial charge on any atom is 0.222 e. The SMILES string of the molecule is CCCC[C@H](Nc1nc(N)ncc1OC)[C@H](O)CSC. The number of nitrogens with one attached hydrogen (secondary N) is 1. The van der Waals surface area contributed by atoms with Gasteiger partial charge >= 0.3 is 0 Å². The van der Waals surface area contributed by atoms with Gasteiger partial charge in [0.05, 0.1) is 25.5 Å². The molecular weight excluding hydrogens is 276 g/mol. The second kappa shape index (κ2) is 8.86. The summed E-state index contributed by atoms with van der Waals surface area (Å²) in [4.78, 5) is 8.04. The van der Waals surface area contributed by atoms with Crippen LogP contribution in [-0.4, -0.2) is 46.3 Å². The second-order valence-corrected chi connectivity index (χ2v) is 5.47. The number of aromatic nitrogens is 2. The van der Waals surface area contributed by atoms with E-state index in [4.69, 9.17) is 10.5 Å². The zero-order chi connectivity index (χ0) is 15.0. The molecule has 20 heavy (non-hydrogen) atoms. The minimum absolute atomic E-state index is 0.0781. The molecule has 0 aliphatic heterocycles. The molecule has 4 N–H and O–H groups in total. The second-order valence-electron chi connectivity index (χ2n) is 4.56. The monoisotopic (exact) mass is 300 g/mol. The first-order valence-electron chi connectivity index (χ1n) is 6.72. The van der Waals surface area contributed by atoms with Crippen LogP contribution >= 0.6 is 11.8 Å². The number of nitrogens with two attached hydrogens (primary N) is 1. The lowest BCUT2D eigenvalue weighted by Crippen LogP contribution is -2.36. The number of nitrogens with zero attached hydrogens (tertiary/aromatic N) is 2. The number of rotatable bonds is 9. The van der Waals surface area contributed by atoms with E-state index < -0.39 is 6.10 Å². The number of hydrogen-bond donors (Lipinski definition) is 3. The highest BCUT2D eigenvalue weighted by Gasteiger charge is 2.20. The van der Waals surface area contributed by atoms with Crippen molar-refractivity contribution in [1.29, 1.82) is 0 Å². The molecule has 7 heteroatoms. The fourth-order valence-electron chi connectivity index (χ4n) is 1.88. The van der Waals surface area contributed by atoms with Crippen molar-refractivity contribution in [3.8, 4) is 5.75 Å². The van der Waals surface area contributed by atoms with Crippen LogP contribution in [0.1, 0.15) is 26.2 Å². The molecule has 2 atom stereocenters. The molecule has 1 aromatic rings. The molecule has 0 bridgehead atoms. The molecule has 0 aliphatic carbocycles. The van der Waals surface area contributed by atoms with E-state index in [0.29, 0.717) is 17.3 Å². The Morgan fingerprint density at radius 2 is 2.30 bits per heavy atom. The van der Waals surface area contributed by atoms with Gasteiger partial charge < -0.3 is 20.9 Å². The smallest absolute Gasteiger partial charge is 0.222 e. The van der Waals surface area contributed by atoms with Crippen molar-refractivity contribution in [3.63, 3.8) is 0 Å². The van der Waals surface area contributed by atoms with E-state index in [1.54, 1.807) is 18.9 Å². The highest BCUT2D eigenvalue weighted by Crippen LogP contribution is 2.24. The zero-order valence-electron chi connectivity index (χ0n) is 12.3. The van der Waals surface area contributed by atoms with Crippen molar-refractivity contribution < 1.29 is 9.84 Å². The number of nitrogen functional groups attached to an aromatic ring is 1. The lowest BCUT2D eigenvalue weighted by Gasteiger charge is -2.25. The third-order valence-corrected chi connectivity index (χ3v) is 3.66. The molecule has 0 fully saturated rings. The van der Waals surface area contributed by atoms with Gasteiger partial charge in [0, 0.05) is 5.75 Å². The number of methoxy groups -OCH3 is 1. The van der Waals surface area contributed by atoms with Crippen molar-refractivity contribution >= 4 is 23.5 Å². The molecule has 0 radical (unpaired) electrons. The normalized spacial score (nSPS) is 13.8. The first-order valence-corrected chi connectivity index (χ1v) is 8.11. The molecule has 114 valence electrons. The Morgan fingerprint density at radius 1 is 1.55 bits per heavy atom. The van der Waals surface area contributed by atoms with Crippen LogP contribution in [0.3, 0.4) is 0 Å². The van der Waals surface area contributed by atoms with Gasteiger partial charge in [-0.2, -0.15) is 16.7 Å². The maximum atomic E-state index is 10.2. The summed E-state index contributed by atoms with van der Waals surface area (Å²) < 4.78 is 5.22. The van der Waals surface area contributed by atoms with E-state index in [1.165, 1.54) is 6.20 Å². The summed E-state index contributed by atoms with van der Waals surface area (Å²) in [5.74, 6) is 1.91. The van der Waals surface area contributed by atoms with Crippen molar-refractivity contribution in [2.75, 3.05) is 30.2 Å². The molecule has 0 saturated carbocycles. The lowest BCUT2D eigenvalue weighted by molar-refractivity contribution is 0.170. The predicted octanol–water partition coefficient (Wildman–Crippen LogP) is 1.76. The number of aliphatic hydroxyl groups excluding tert-OH is 1. The lowest BCUT2D eigenvalue weighted by atomic mass is 10.1. The first-order chi connectivity index (χ1) is 9.62. The standard InChI is InChI=1S/C13H24N4O2S/c1-4-5-6-9(10(18)8-20-3)16-12-11(19-2)7-15-13(14)17-12/h7,9-10,18H,4-6,8H2,1-3H3,(H3,14,15,16,17)/t9-,10+/m0/s1. The topological polar surface area (TPSA) is 93.3 Å². The number of anilines is 2. The zero-order valence-corrected chi connectivity index (χ0v) is 13.1. The minimum Gasteiger partial charge on any atom is -0.491 e. The molecule has 0 amide bonds. The number of thioether (sulfide) groups is 1. The Hall–Kier alpha value is -1.21. The van der Waals surface area contributed by atoms with Gasteiger partial charge in [-0.25, -0.2) is 4.98 Å². The predicted molar refractivity (Wildman–Crippen MR) is 84.3 cm³/mol. The third kappa shape index (κ3) is 5.05. The Labute approximate surface area is 124 Å². The largest absolute Gasteiger partial charge is 0.491 e. The average molecular weight is 300 g/mol. The van der Waals surface area contributed by atoms with Crippen LogP contribution in [0.4, 0.5) is 11.8 Å². The number of hydrogen-bond acceptors (Lipinski definition) is 7. The van der Waals surface area contributed by atoms with E-state index in [0.717, 1.165) is 19.3 Å². The number of ether oxygens (including phenoxy) is 1. The minimum atomic E-state index is -0.447. The van der Waals surface area contributed by atoms with E-state index in [9.17, 15) is 5.11 Å². The van der Waals surface area contributed by atoms with Crippen molar-refractivity contribution in [1.82, 2.24) is 9.97 Å². The Kier molecular flexibility index (Phi) is 7.46. The fraction of sp³-hybridized carbons (Fsp3) is 0.692. The quantitative estimate of drug-likeness (QED) is 0.640. The van der Waals surface area contributed by atoms with Gasteiger partial charge in [0.25, 0.3) is 0 Å². The number of unbranched alkanes of at least 4 members (excludes halogenated alkanes) is 1. The van der Waals surface area contributed by atoms with Gasteiger partial charge in [-0.05, 0) is 12.7 Å². The van der Waals surface area contributed by atoms with E-state index in [2.05, 4.69) is 22.2 Å². The summed E-state index contributed by atoms with van der Waals surface area (Å²) in [5.41, 5.74) is 5.61. The molecule has 1 rings (SSSR count). The summed E-state index contributed by atoms with van der Waals surface area (Å²) in [7, 11) is 1.55.